The molecule has 0 aliphatic carbocycles. The molecular formula is C16H25FN2O2. The number of halogens is 1. The zero-order chi connectivity index (χ0) is 15.5. The van der Waals surface area contributed by atoms with Crippen LogP contribution in [0.1, 0.15) is 26.3 Å². The number of benzene rings is 1. The molecule has 21 heavy (non-hydrogen) atoms. The lowest BCUT2D eigenvalue weighted by Crippen LogP contribution is -2.45. The fourth-order valence-electron chi connectivity index (χ4n) is 2.42. The number of nitrogens with zero attached hydrogens (tertiary/aromatic N) is 1. The highest BCUT2D eigenvalue weighted by Crippen LogP contribution is 2.25. The average molecular weight is 296 g/mol. The standard InChI is InChI=1S/C16H25FN2O2/c1-16(2,3)18-9-13-14(17)5-4-6-15(13)19-7-8-21-12(10-19)11-20/h4-6,12,18,20H,7-11H2,1-3H3. The quantitative estimate of drug-likeness (QED) is 0.891. The van der Waals surface area contributed by atoms with Crippen LogP contribution in [0, 0.1) is 5.82 Å². The van der Waals surface area contributed by atoms with Gasteiger partial charge in [0.1, 0.15) is 5.82 Å². The Morgan fingerprint density at radius 1 is 1.43 bits per heavy atom. The smallest absolute Gasteiger partial charge is 0.129 e. The number of aliphatic hydroxyl groups excluding tert-OH is 1. The first kappa shape index (κ1) is 16.2. The minimum Gasteiger partial charge on any atom is -0.394 e. The molecule has 0 aromatic heterocycles. The number of anilines is 1. The SMILES string of the molecule is CC(C)(C)NCc1c(F)cccc1N1CCOC(CO)C1. The summed E-state index contributed by atoms with van der Waals surface area (Å²) in [6.45, 7) is 8.49. The van der Waals surface area contributed by atoms with Crippen molar-refractivity contribution in [1.82, 2.24) is 5.32 Å². The van der Waals surface area contributed by atoms with Crippen molar-refractivity contribution >= 4 is 5.69 Å². The van der Waals surface area contributed by atoms with Gasteiger partial charge in [0.25, 0.3) is 0 Å². The number of nitrogens with one attached hydrogen (secondary N) is 1. The van der Waals surface area contributed by atoms with Crippen molar-refractivity contribution in [2.75, 3.05) is 31.2 Å². The van der Waals surface area contributed by atoms with E-state index in [4.69, 9.17) is 4.74 Å². The zero-order valence-electron chi connectivity index (χ0n) is 13.0. The summed E-state index contributed by atoms with van der Waals surface area (Å²) < 4.78 is 19.7. The zero-order valence-corrected chi connectivity index (χ0v) is 13.0. The van der Waals surface area contributed by atoms with Gasteiger partial charge < -0.3 is 20.1 Å². The minimum absolute atomic E-state index is 0.0125. The summed E-state index contributed by atoms with van der Waals surface area (Å²) in [6, 6.07) is 5.16. The number of aliphatic hydroxyl groups is 1. The van der Waals surface area contributed by atoms with Crippen LogP contribution in [0.4, 0.5) is 10.1 Å². The number of rotatable bonds is 4. The molecule has 0 saturated carbocycles. The van der Waals surface area contributed by atoms with Crippen molar-refractivity contribution in [2.45, 2.75) is 39.0 Å². The third-order valence-electron chi connectivity index (χ3n) is 3.57. The topological polar surface area (TPSA) is 44.7 Å². The van der Waals surface area contributed by atoms with E-state index in [1.54, 1.807) is 6.07 Å². The molecule has 1 aliphatic heterocycles. The van der Waals surface area contributed by atoms with E-state index >= 15 is 0 Å². The van der Waals surface area contributed by atoms with Gasteiger partial charge >= 0.3 is 0 Å². The molecule has 1 heterocycles. The summed E-state index contributed by atoms with van der Waals surface area (Å²) in [5, 5.41) is 12.6. The lowest BCUT2D eigenvalue weighted by molar-refractivity contribution is 0.00350. The third-order valence-corrected chi connectivity index (χ3v) is 3.57. The second-order valence-electron chi connectivity index (χ2n) is 6.46. The van der Waals surface area contributed by atoms with E-state index in [1.807, 2.05) is 6.07 Å². The minimum atomic E-state index is -0.203. The van der Waals surface area contributed by atoms with Crippen molar-refractivity contribution in [3.05, 3.63) is 29.6 Å². The normalized spacial score (nSPS) is 19.9. The van der Waals surface area contributed by atoms with Crippen molar-refractivity contribution in [2.24, 2.45) is 0 Å². The Bertz CT molecular complexity index is 474. The van der Waals surface area contributed by atoms with Crippen LogP contribution in [0.25, 0.3) is 0 Å². The van der Waals surface area contributed by atoms with Gasteiger partial charge in [-0.2, -0.15) is 0 Å². The van der Waals surface area contributed by atoms with Crippen LogP contribution in [0.2, 0.25) is 0 Å². The molecule has 2 rings (SSSR count). The summed E-state index contributed by atoms with van der Waals surface area (Å²) in [5.74, 6) is -0.198. The number of ether oxygens (including phenoxy) is 1. The Morgan fingerprint density at radius 2 is 2.19 bits per heavy atom. The number of morpholine rings is 1. The highest BCUT2D eigenvalue weighted by Gasteiger charge is 2.23. The largest absolute Gasteiger partial charge is 0.394 e. The number of hydrogen-bond acceptors (Lipinski definition) is 4. The molecule has 0 amide bonds. The van der Waals surface area contributed by atoms with Gasteiger partial charge in [0.15, 0.2) is 0 Å². The monoisotopic (exact) mass is 296 g/mol. The Morgan fingerprint density at radius 3 is 2.86 bits per heavy atom. The predicted octanol–water partition coefficient (Wildman–Crippen LogP) is 1.91. The predicted molar refractivity (Wildman–Crippen MR) is 82.0 cm³/mol. The molecule has 2 N–H and O–H groups in total. The molecule has 0 spiro atoms. The van der Waals surface area contributed by atoms with E-state index < -0.39 is 0 Å². The van der Waals surface area contributed by atoms with E-state index in [9.17, 15) is 9.50 Å². The van der Waals surface area contributed by atoms with E-state index in [-0.39, 0.29) is 24.1 Å². The highest BCUT2D eigenvalue weighted by molar-refractivity contribution is 5.54. The molecule has 1 saturated heterocycles. The Kier molecular flexibility index (Phi) is 5.19. The van der Waals surface area contributed by atoms with Gasteiger partial charge in [-0.15, -0.1) is 0 Å². The van der Waals surface area contributed by atoms with Gasteiger partial charge in [0.05, 0.1) is 19.3 Å². The highest BCUT2D eigenvalue weighted by atomic mass is 19.1. The van der Waals surface area contributed by atoms with Gasteiger partial charge in [-0.05, 0) is 32.9 Å². The van der Waals surface area contributed by atoms with Gasteiger partial charge in [0.2, 0.25) is 0 Å². The van der Waals surface area contributed by atoms with Crippen LogP contribution < -0.4 is 10.2 Å². The molecule has 1 fully saturated rings. The molecule has 4 nitrogen and oxygen atoms in total. The van der Waals surface area contributed by atoms with E-state index in [0.29, 0.717) is 31.8 Å². The maximum atomic E-state index is 14.2. The van der Waals surface area contributed by atoms with E-state index in [1.165, 1.54) is 6.07 Å². The lowest BCUT2D eigenvalue weighted by Gasteiger charge is -2.35. The molecule has 1 aliphatic rings. The second-order valence-corrected chi connectivity index (χ2v) is 6.46. The molecule has 0 bridgehead atoms. The summed E-state index contributed by atoms with van der Waals surface area (Å²) in [6.07, 6.45) is -0.203. The van der Waals surface area contributed by atoms with Gasteiger partial charge in [-0.3, -0.25) is 0 Å². The molecule has 118 valence electrons. The summed E-state index contributed by atoms with van der Waals surface area (Å²) in [7, 11) is 0. The lowest BCUT2D eigenvalue weighted by atomic mass is 10.1. The summed E-state index contributed by atoms with van der Waals surface area (Å²) in [4.78, 5) is 2.09. The molecule has 1 aromatic carbocycles. The summed E-state index contributed by atoms with van der Waals surface area (Å²) >= 11 is 0. The molecule has 0 radical (unpaired) electrons. The summed E-state index contributed by atoms with van der Waals surface area (Å²) in [5.41, 5.74) is 1.48. The van der Waals surface area contributed by atoms with Crippen LogP contribution in [-0.2, 0) is 11.3 Å². The van der Waals surface area contributed by atoms with Crippen LogP contribution >= 0.6 is 0 Å². The fraction of sp³-hybridized carbons (Fsp3) is 0.625. The second kappa shape index (κ2) is 6.73. The maximum absolute atomic E-state index is 14.2. The third kappa shape index (κ3) is 4.40. The molecule has 1 atom stereocenters. The van der Waals surface area contributed by atoms with E-state index in [2.05, 4.69) is 31.0 Å². The Hall–Kier alpha value is -1.17. The average Bonchev–Trinajstić information content (AvgIpc) is 2.45. The first-order chi connectivity index (χ1) is 9.90. The van der Waals surface area contributed by atoms with Crippen molar-refractivity contribution in [1.29, 1.82) is 0 Å². The van der Waals surface area contributed by atoms with E-state index in [0.717, 1.165) is 5.69 Å². The van der Waals surface area contributed by atoms with Gasteiger partial charge in [-0.1, -0.05) is 6.07 Å². The number of hydrogen-bond donors (Lipinski definition) is 2. The van der Waals surface area contributed by atoms with Crippen LogP contribution in [0.15, 0.2) is 18.2 Å². The first-order valence-electron chi connectivity index (χ1n) is 7.40. The van der Waals surface area contributed by atoms with Crippen molar-refractivity contribution in [3.63, 3.8) is 0 Å². The van der Waals surface area contributed by atoms with Crippen molar-refractivity contribution < 1.29 is 14.2 Å². The van der Waals surface area contributed by atoms with Crippen LogP contribution in [0.3, 0.4) is 0 Å². The molecular weight excluding hydrogens is 271 g/mol. The molecule has 1 unspecified atom stereocenters. The molecule has 1 aromatic rings. The fourth-order valence-corrected chi connectivity index (χ4v) is 2.42. The molecule has 5 heteroatoms. The van der Waals surface area contributed by atoms with Crippen molar-refractivity contribution in [3.8, 4) is 0 Å². The van der Waals surface area contributed by atoms with Gasteiger partial charge in [-0.25, -0.2) is 4.39 Å². The van der Waals surface area contributed by atoms with Gasteiger partial charge in [0, 0.05) is 36.4 Å². The first-order valence-corrected chi connectivity index (χ1v) is 7.40. The van der Waals surface area contributed by atoms with Crippen LogP contribution in [0.5, 0.6) is 0 Å². The Balaban J connectivity index is 2.20. The Labute approximate surface area is 125 Å². The maximum Gasteiger partial charge on any atom is 0.129 e. The van der Waals surface area contributed by atoms with Crippen LogP contribution in [-0.4, -0.2) is 43.1 Å².